The normalized spacial score (nSPS) is 15.5. The molecule has 4 aromatic rings. The highest BCUT2D eigenvalue weighted by Gasteiger charge is 2.28. The van der Waals surface area contributed by atoms with Gasteiger partial charge in [0.1, 0.15) is 22.3 Å². The number of fused-ring (bicyclic) bond motifs is 2. The van der Waals surface area contributed by atoms with Crippen molar-refractivity contribution in [3.05, 3.63) is 42.0 Å². The molecule has 4 aromatic heterocycles. The van der Waals surface area contributed by atoms with E-state index in [0.717, 1.165) is 52.2 Å². The Bertz CT molecular complexity index is 1340. The van der Waals surface area contributed by atoms with Crippen molar-refractivity contribution >= 4 is 22.6 Å². The first-order valence-electron chi connectivity index (χ1n) is 11.3. The Morgan fingerprint density at radius 2 is 1.76 bits per heavy atom. The van der Waals surface area contributed by atoms with Crippen LogP contribution in [0.2, 0.25) is 0 Å². The number of hydrogen-bond acceptors (Lipinski definition) is 6. The third-order valence-corrected chi connectivity index (χ3v) is 5.89. The summed E-state index contributed by atoms with van der Waals surface area (Å²) in [7, 11) is 0. The van der Waals surface area contributed by atoms with E-state index in [1.807, 2.05) is 74.4 Å². The molecule has 1 saturated heterocycles. The van der Waals surface area contributed by atoms with Gasteiger partial charge in [-0.2, -0.15) is 10.2 Å². The molecule has 5 heterocycles. The predicted octanol–water partition coefficient (Wildman–Crippen LogP) is 4.33. The minimum absolute atomic E-state index is 0.230. The van der Waals surface area contributed by atoms with Gasteiger partial charge in [-0.1, -0.05) is 0 Å². The van der Waals surface area contributed by atoms with Crippen molar-refractivity contribution in [2.45, 2.75) is 59.1 Å². The molecule has 172 valence electrons. The van der Waals surface area contributed by atoms with E-state index in [0.29, 0.717) is 13.1 Å². The molecule has 0 unspecified atom stereocenters. The van der Waals surface area contributed by atoms with Gasteiger partial charge in [0.05, 0.1) is 41.0 Å². The number of ether oxygens (including phenoxy) is 1. The van der Waals surface area contributed by atoms with Crippen LogP contribution in [-0.4, -0.2) is 59.0 Å². The number of rotatable bonds is 2. The molecule has 1 aliphatic rings. The Morgan fingerprint density at radius 3 is 2.48 bits per heavy atom. The Morgan fingerprint density at radius 1 is 1.00 bits per heavy atom. The monoisotopic (exact) mass is 447 g/mol. The summed E-state index contributed by atoms with van der Waals surface area (Å²) in [5, 5.41) is 9.45. The van der Waals surface area contributed by atoms with Crippen molar-refractivity contribution in [3.8, 4) is 11.4 Å². The first-order chi connectivity index (χ1) is 15.7. The van der Waals surface area contributed by atoms with Crippen LogP contribution < -0.4 is 0 Å². The summed E-state index contributed by atoms with van der Waals surface area (Å²) in [5.74, 6) is 0. The SMILES string of the molecule is Cc1cn2nc(-c3ccc4nn(C5CCN(C(=O)OC(C)(C)C)CC5)cc4n3)cc2c(C)n1. The summed E-state index contributed by atoms with van der Waals surface area (Å²) in [4.78, 5) is 23.5. The van der Waals surface area contributed by atoms with Gasteiger partial charge < -0.3 is 9.64 Å². The van der Waals surface area contributed by atoms with E-state index in [-0.39, 0.29) is 12.1 Å². The van der Waals surface area contributed by atoms with Gasteiger partial charge in [0, 0.05) is 13.1 Å². The molecule has 0 aromatic carbocycles. The molecule has 0 radical (unpaired) electrons. The molecule has 1 amide bonds. The first kappa shape index (κ1) is 21.4. The van der Waals surface area contributed by atoms with Gasteiger partial charge >= 0.3 is 6.09 Å². The predicted molar refractivity (Wildman–Crippen MR) is 125 cm³/mol. The Hall–Kier alpha value is -3.49. The van der Waals surface area contributed by atoms with Gasteiger partial charge in [-0.3, -0.25) is 9.67 Å². The van der Waals surface area contributed by atoms with Crippen LogP contribution in [-0.2, 0) is 4.74 Å². The van der Waals surface area contributed by atoms with Crippen LogP contribution in [0.5, 0.6) is 0 Å². The summed E-state index contributed by atoms with van der Waals surface area (Å²) < 4.78 is 9.36. The Kier molecular flexibility index (Phi) is 5.07. The van der Waals surface area contributed by atoms with Gasteiger partial charge in [-0.15, -0.1) is 0 Å². The molecule has 0 aliphatic carbocycles. The lowest BCUT2D eigenvalue weighted by Gasteiger charge is -2.33. The molecule has 1 fully saturated rings. The molecule has 1 aliphatic heterocycles. The second kappa shape index (κ2) is 7.83. The van der Waals surface area contributed by atoms with E-state index in [2.05, 4.69) is 4.98 Å². The van der Waals surface area contributed by atoms with Crippen molar-refractivity contribution in [2.75, 3.05) is 13.1 Å². The molecule has 0 spiro atoms. The lowest BCUT2D eigenvalue weighted by Crippen LogP contribution is -2.42. The molecule has 9 nitrogen and oxygen atoms in total. The van der Waals surface area contributed by atoms with Gasteiger partial charge in [0.25, 0.3) is 0 Å². The molecular weight excluding hydrogens is 418 g/mol. The summed E-state index contributed by atoms with van der Waals surface area (Å²) in [6.07, 6.45) is 5.34. The molecule has 33 heavy (non-hydrogen) atoms. The summed E-state index contributed by atoms with van der Waals surface area (Å²) in [6.45, 7) is 10.9. The van der Waals surface area contributed by atoms with Crippen LogP contribution >= 0.6 is 0 Å². The van der Waals surface area contributed by atoms with E-state index in [1.165, 1.54) is 0 Å². The summed E-state index contributed by atoms with van der Waals surface area (Å²) in [5.41, 5.74) is 5.68. The quantitative estimate of drug-likeness (QED) is 0.454. The highest BCUT2D eigenvalue weighted by Crippen LogP contribution is 2.27. The van der Waals surface area contributed by atoms with E-state index in [4.69, 9.17) is 19.9 Å². The molecule has 9 heteroatoms. The van der Waals surface area contributed by atoms with Gasteiger partial charge in [-0.05, 0) is 65.7 Å². The van der Waals surface area contributed by atoms with Crippen LogP contribution in [0.15, 0.2) is 30.6 Å². The van der Waals surface area contributed by atoms with Gasteiger partial charge in [0.15, 0.2) is 0 Å². The van der Waals surface area contributed by atoms with E-state index in [9.17, 15) is 4.79 Å². The fourth-order valence-corrected chi connectivity index (χ4v) is 4.31. The largest absolute Gasteiger partial charge is 0.444 e. The Labute approximate surface area is 192 Å². The number of aromatic nitrogens is 6. The van der Waals surface area contributed by atoms with Crippen LogP contribution in [0.1, 0.15) is 51.0 Å². The number of hydrogen-bond donors (Lipinski definition) is 0. The summed E-state index contributed by atoms with van der Waals surface area (Å²) >= 11 is 0. The van der Waals surface area contributed by atoms with Crippen molar-refractivity contribution in [2.24, 2.45) is 0 Å². The van der Waals surface area contributed by atoms with Crippen molar-refractivity contribution in [3.63, 3.8) is 0 Å². The van der Waals surface area contributed by atoms with Gasteiger partial charge in [0.2, 0.25) is 0 Å². The third kappa shape index (κ3) is 4.27. The maximum atomic E-state index is 12.3. The average molecular weight is 448 g/mol. The molecule has 0 saturated carbocycles. The maximum absolute atomic E-state index is 12.3. The second-order valence-corrected chi connectivity index (χ2v) is 9.74. The number of aryl methyl sites for hydroxylation is 2. The molecule has 0 bridgehead atoms. The van der Waals surface area contributed by atoms with Crippen molar-refractivity contribution < 1.29 is 9.53 Å². The maximum Gasteiger partial charge on any atom is 0.410 e. The molecule has 5 rings (SSSR count). The number of carbonyl (C=O) groups excluding carboxylic acids is 1. The zero-order chi connectivity index (χ0) is 23.3. The molecule has 0 atom stereocenters. The minimum atomic E-state index is -0.480. The standard InChI is InChI=1S/C24H29N7O2/c1-15-13-31-22(16(2)25-15)12-20(28-31)18-6-7-19-21(26-18)14-30(27-19)17-8-10-29(11-9-17)23(32)33-24(3,4)5/h6-7,12-14,17H,8-11H2,1-5H3. The molecular formula is C24H29N7O2. The zero-order valence-electron chi connectivity index (χ0n) is 19.7. The number of nitrogens with zero attached hydrogens (tertiary/aromatic N) is 7. The summed E-state index contributed by atoms with van der Waals surface area (Å²) in [6, 6.07) is 6.20. The van der Waals surface area contributed by atoms with E-state index >= 15 is 0 Å². The van der Waals surface area contributed by atoms with Crippen LogP contribution in [0.25, 0.3) is 27.9 Å². The van der Waals surface area contributed by atoms with Gasteiger partial charge in [-0.25, -0.2) is 14.3 Å². The number of likely N-dealkylation sites (tertiary alicyclic amines) is 1. The first-order valence-corrected chi connectivity index (χ1v) is 11.3. The highest BCUT2D eigenvalue weighted by molar-refractivity contribution is 5.77. The fraction of sp³-hybridized carbons (Fsp3) is 0.458. The number of pyridine rings is 1. The second-order valence-electron chi connectivity index (χ2n) is 9.74. The third-order valence-electron chi connectivity index (χ3n) is 5.89. The van der Waals surface area contributed by atoms with Crippen LogP contribution in [0.3, 0.4) is 0 Å². The minimum Gasteiger partial charge on any atom is -0.444 e. The van der Waals surface area contributed by atoms with Crippen LogP contribution in [0, 0.1) is 13.8 Å². The smallest absolute Gasteiger partial charge is 0.410 e. The lowest BCUT2D eigenvalue weighted by molar-refractivity contribution is 0.0185. The topological polar surface area (TPSA) is 90.4 Å². The lowest BCUT2D eigenvalue weighted by atomic mass is 10.1. The van der Waals surface area contributed by atoms with Crippen molar-refractivity contribution in [1.29, 1.82) is 0 Å². The van der Waals surface area contributed by atoms with E-state index in [1.54, 1.807) is 4.90 Å². The van der Waals surface area contributed by atoms with E-state index < -0.39 is 5.60 Å². The number of amides is 1. The number of piperidine rings is 1. The zero-order valence-corrected chi connectivity index (χ0v) is 19.7. The number of carbonyl (C=O) groups is 1. The van der Waals surface area contributed by atoms with Crippen LogP contribution in [0.4, 0.5) is 4.79 Å². The highest BCUT2D eigenvalue weighted by atomic mass is 16.6. The average Bonchev–Trinajstić information content (AvgIpc) is 3.36. The molecule has 0 N–H and O–H groups in total. The Balaban J connectivity index is 1.34. The van der Waals surface area contributed by atoms with Crippen molar-refractivity contribution in [1.82, 2.24) is 34.3 Å². The fourth-order valence-electron chi connectivity index (χ4n) is 4.31.